The van der Waals surface area contributed by atoms with Gasteiger partial charge in [0.2, 0.25) is 0 Å². The van der Waals surface area contributed by atoms with Crippen molar-refractivity contribution in [2.24, 2.45) is 5.92 Å². The van der Waals surface area contributed by atoms with Crippen molar-refractivity contribution in [3.8, 4) is 0 Å². The summed E-state index contributed by atoms with van der Waals surface area (Å²) >= 11 is 0. The fourth-order valence-corrected chi connectivity index (χ4v) is 3.49. The van der Waals surface area contributed by atoms with Crippen LogP contribution in [0.2, 0.25) is 0 Å². The van der Waals surface area contributed by atoms with E-state index < -0.39 is 23.4 Å². The summed E-state index contributed by atoms with van der Waals surface area (Å²) in [6.07, 6.45) is 4.47. The molecule has 0 bridgehead atoms. The van der Waals surface area contributed by atoms with Gasteiger partial charge in [-0.2, -0.15) is 0 Å². The number of carbonyl (C=O) groups excluding carboxylic acids is 1. The maximum Gasteiger partial charge on any atom is 0.307 e. The third-order valence-electron chi connectivity index (χ3n) is 5.10. The Morgan fingerprint density at radius 1 is 1.17 bits per heavy atom. The Morgan fingerprint density at radius 2 is 1.97 bits per heavy atom. The molecule has 0 amide bonds. The van der Waals surface area contributed by atoms with Gasteiger partial charge in [-0.05, 0) is 55.3 Å². The van der Waals surface area contributed by atoms with Crippen molar-refractivity contribution in [2.45, 2.75) is 12.8 Å². The molecule has 1 atom stereocenters. The Kier molecular flexibility index (Phi) is 7.30. The number of likely N-dealkylation sites (tertiary alicyclic amines) is 1. The molecule has 1 fully saturated rings. The molecule has 0 aromatic heterocycles. The minimum Gasteiger partial charge on any atom is -0.500 e. The molecule has 30 heavy (non-hydrogen) atoms. The summed E-state index contributed by atoms with van der Waals surface area (Å²) in [5.41, 5.74) is 0.325. The Hall–Kier alpha value is -3.06. The van der Waals surface area contributed by atoms with E-state index in [-0.39, 0.29) is 17.0 Å². The number of halogens is 2. The van der Waals surface area contributed by atoms with Gasteiger partial charge < -0.3 is 9.84 Å². The number of benzene rings is 2. The topological polar surface area (TPSA) is 66.8 Å². The Morgan fingerprint density at radius 3 is 2.73 bits per heavy atom. The monoisotopic (exact) mass is 415 g/mol. The molecule has 3 rings (SSSR count). The van der Waals surface area contributed by atoms with Gasteiger partial charge in [0.15, 0.2) is 5.78 Å². The second kappa shape index (κ2) is 10.1. The molecule has 1 aliphatic rings. The van der Waals surface area contributed by atoms with Crippen LogP contribution in [-0.2, 0) is 9.53 Å². The molecule has 0 aliphatic carbocycles. The van der Waals surface area contributed by atoms with E-state index >= 15 is 0 Å². The van der Waals surface area contributed by atoms with Crippen LogP contribution in [-0.4, -0.2) is 48.0 Å². The molecule has 2 aromatic rings. The van der Waals surface area contributed by atoms with E-state index in [2.05, 4.69) is 0 Å². The van der Waals surface area contributed by atoms with Gasteiger partial charge in [-0.3, -0.25) is 14.5 Å². The van der Waals surface area contributed by atoms with Crippen LogP contribution in [0, 0.1) is 17.6 Å². The maximum absolute atomic E-state index is 14.0. The smallest absolute Gasteiger partial charge is 0.307 e. The third kappa shape index (κ3) is 5.51. The number of rotatable bonds is 8. The third-order valence-corrected chi connectivity index (χ3v) is 5.10. The number of carbonyl (C=O) groups is 2. The van der Waals surface area contributed by atoms with Crippen LogP contribution >= 0.6 is 0 Å². The first-order valence-electron chi connectivity index (χ1n) is 9.78. The summed E-state index contributed by atoms with van der Waals surface area (Å²) < 4.78 is 33.2. The van der Waals surface area contributed by atoms with E-state index in [0.717, 1.165) is 19.0 Å². The fourth-order valence-electron chi connectivity index (χ4n) is 3.49. The maximum atomic E-state index is 14.0. The van der Waals surface area contributed by atoms with Gasteiger partial charge in [0.25, 0.3) is 0 Å². The van der Waals surface area contributed by atoms with Gasteiger partial charge in [0, 0.05) is 18.7 Å². The van der Waals surface area contributed by atoms with Gasteiger partial charge in [0.05, 0.1) is 24.4 Å². The van der Waals surface area contributed by atoms with E-state index in [1.807, 2.05) is 4.90 Å². The molecule has 1 heterocycles. The summed E-state index contributed by atoms with van der Waals surface area (Å²) in [5, 5.41) is 9.13. The molecular weight excluding hydrogens is 392 g/mol. The van der Waals surface area contributed by atoms with Crippen molar-refractivity contribution in [3.63, 3.8) is 0 Å². The molecule has 1 unspecified atom stereocenters. The number of nitrogens with zero attached hydrogens (tertiary/aromatic N) is 1. The molecule has 0 spiro atoms. The largest absolute Gasteiger partial charge is 0.500 e. The van der Waals surface area contributed by atoms with Gasteiger partial charge in [-0.15, -0.1) is 0 Å². The highest BCUT2D eigenvalue weighted by molar-refractivity contribution is 6.11. The molecule has 5 nitrogen and oxygen atoms in total. The Labute approximate surface area is 173 Å². The summed E-state index contributed by atoms with van der Waals surface area (Å²) in [7, 11) is 0. The first-order chi connectivity index (χ1) is 14.5. The van der Waals surface area contributed by atoms with Gasteiger partial charge >= 0.3 is 5.97 Å². The van der Waals surface area contributed by atoms with Crippen LogP contribution in [0.5, 0.6) is 0 Å². The number of hydrogen-bond acceptors (Lipinski definition) is 4. The number of piperidine rings is 1. The predicted molar refractivity (Wildman–Crippen MR) is 108 cm³/mol. The first-order valence-corrected chi connectivity index (χ1v) is 9.78. The van der Waals surface area contributed by atoms with Gasteiger partial charge in [-0.1, -0.05) is 18.2 Å². The second-order valence-corrected chi connectivity index (χ2v) is 7.19. The number of aliphatic carboxylic acids is 1. The van der Waals surface area contributed by atoms with E-state index in [4.69, 9.17) is 9.84 Å². The Bertz CT molecular complexity index is 945. The second-order valence-electron chi connectivity index (χ2n) is 7.19. The van der Waals surface area contributed by atoms with Crippen LogP contribution in [0.25, 0.3) is 6.08 Å². The lowest BCUT2D eigenvalue weighted by Crippen LogP contribution is -2.40. The molecule has 1 aliphatic heterocycles. The zero-order valence-corrected chi connectivity index (χ0v) is 16.4. The Balaban J connectivity index is 1.61. The molecule has 1 saturated heterocycles. The van der Waals surface area contributed by atoms with Crippen molar-refractivity contribution in [3.05, 3.63) is 77.1 Å². The molecule has 158 valence electrons. The summed E-state index contributed by atoms with van der Waals surface area (Å²) in [6, 6.07) is 9.30. The van der Waals surface area contributed by atoms with E-state index in [1.165, 1.54) is 42.7 Å². The van der Waals surface area contributed by atoms with Crippen LogP contribution in [0.15, 0.2) is 48.7 Å². The number of ketones is 1. The molecule has 0 radical (unpaired) electrons. The minimum absolute atomic E-state index is 0.0419. The number of hydrogen-bond donors (Lipinski definition) is 1. The van der Waals surface area contributed by atoms with E-state index in [9.17, 15) is 18.4 Å². The zero-order valence-electron chi connectivity index (χ0n) is 16.4. The van der Waals surface area contributed by atoms with Crippen molar-refractivity contribution in [1.29, 1.82) is 0 Å². The van der Waals surface area contributed by atoms with Crippen LogP contribution in [0.1, 0.15) is 34.3 Å². The van der Waals surface area contributed by atoms with Gasteiger partial charge in [0.1, 0.15) is 11.6 Å². The highest BCUT2D eigenvalue weighted by Gasteiger charge is 2.24. The lowest BCUT2D eigenvalue weighted by Gasteiger charge is -2.30. The molecule has 2 aromatic carbocycles. The average molecular weight is 415 g/mol. The van der Waals surface area contributed by atoms with Crippen molar-refractivity contribution in [1.82, 2.24) is 4.90 Å². The fraction of sp³-hybridized carbons (Fsp3) is 0.304. The summed E-state index contributed by atoms with van der Waals surface area (Å²) in [4.78, 5) is 25.8. The summed E-state index contributed by atoms with van der Waals surface area (Å²) in [5.74, 6) is -2.99. The lowest BCUT2D eigenvalue weighted by molar-refractivity contribution is -0.143. The molecule has 1 N–H and O–H groups in total. The van der Waals surface area contributed by atoms with Crippen LogP contribution < -0.4 is 0 Å². The predicted octanol–water partition coefficient (Wildman–Crippen LogP) is 3.98. The van der Waals surface area contributed by atoms with Crippen molar-refractivity contribution in [2.75, 3.05) is 26.2 Å². The minimum atomic E-state index is -0.774. The number of carboxylic acids is 1. The van der Waals surface area contributed by atoms with Crippen molar-refractivity contribution < 1.29 is 28.2 Å². The average Bonchev–Trinajstić information content (AvgIpc) is 2.74. The quantitative estimate of drug-likeness (QED) is 0.401. The van der Waals surface area contributed by atoms with Gasteiger partial charge in [-0.25, -0.2) is 8.78 Å². The number of carboxylic acid groups (broad SMARTS) is 1. The van der Waals surface area contributed by atoms with E-state index in [0.29, 0.717) is 31.7 Å². The molecular formula is C23H23F2NO4. The standard InChI is InChI=1S/C23H23F2NO4/c24-18-8-7-16(20(14-18)22(27)19-5-1-2-6-21(19)25)9-12-30-13-11-26-10-3-4-17(15-26)23(28)29/h1-2,5-9,12,14,17H,3-4,10-11,13,15H2,(H,28,29)/b12-9-. The van der Waals surface area contributed by atoms with Crippen LogP contribution in [0.4, 0.5) is 8.78 Å². The molecule has 7 heteroatoms. The molecule has 0 saturated carbocycles. The SMILES string of the molecule is O=C(c1ccccc1F)c1cc(F)ccc1/C=C\OCCN1CCCC(C(=O)O)C1. The van der Waals surface area contributed by atoms with Crippen LogP contribution in [0.3, 0.4) is 0 Å². The highest BCUT2D eigenvalue weighted by atomic mass is 19.1. The number of ether oxygens (including phenoxy) is 1. The van der Waals surface area contributed by atoms with E-state index in [1.54, 1.807) is 6.07 Å². The lowest BCUT2D eigenvalue weighted by atomic mass is 9.98. The normalized spacial score (nSPS) is 17.2. The van der Waals surface area contributed by atoms with Crippen molar-refractivity contribution >= 4 is 17.8 Å². The zero-order chi connectivity index (χ0) is 21.5. The highest BCUT2D eigenvalue weighted by Crippen LogP contribution is 2.20. The first kappa shape index (κ1) is 21.6. The summed E-state index contributed by atoms with van der Waals surface area (Å²) in [6.45, 7) is 2.26.